The first-order chi connectivity index (χ1) is 12.3. The van der Waals surface area contributed by atoms with Crippen molar-refractivity contribution in [3.63, 3.8) is 0 Å². The molecule has 0 spiro atoms. The molecule has 1 aliphatic heterocycles. The number of Topliss-reactive ketones (excluding diaryl/α,β-unsaturated/α-hetero) is 1. The lowest BCUT2D eigenvalue weighted by atomic mass is 9.90. The van der Waals surface area contributed by atoms with E-state index in [0.717, 1.165) is 5.56 Å². The van der Waals surface area contributed by atoms with Crippen LogP contribution >= 0.6 is 0 Å². The number of hydrogen-bond donors (Lipinski definition) is 2. The van der Waals surface area contributed by atoms with Gasteiger partial charge in [0.05, 0.1) is 11.1 Å². The van der Waals surface area contributed by atoms with Crippen molar-refractivity contribution in [1.29, 1.82) is 0 Å². The Morgan fingerprint density at radius 3 is 2.58 bits per heavy atom. The minimum Gasteiger partial charge on any atom is -0.507 e. The number of nitrogens with one attached hydrogen (secondary N) is 1. The number of rotatable bonds is 3. The summed E-state index contributed by atoms with van der Waals surface area (Å²) in [4.78, 5) is 13.1. The van der Waals surface area contributed by atoms with Crippen LogP contribution in [0.4, 0.5) is 0 Å². The number of aryl methyl sites for hydroxylation is 1. The zero-order valence-corrected chi connectivity index (χ0v) is 15.7. The number of phenols is 1. The van der Waals surface area contributed by atoms with Gasteiger partial charge >= 0.3 is 0 Å². The van der Waals surface area contributed by atoms with Crippen molar-refractivity contribution < 1.29 is 14.6 Å². The van der Waals surface area contributed by atoms with Crippen molar-refractivity contribution in [2.75, 3.05) is 0 Å². The van der Waals surface area contributed by atoms with Gasteiger partial charge in [0.15, 0.2) is 11.9 Å². The SMILES string of the molecule is CCc1cccc(C2Oc3ccccc3C(=O)/C2=C\NC(C)(C)C)c1O. The lowest BCUT2D eigenvalue weighted by Crippen LogP contribution is -2.34. The third kappa shape index (κ3) is 3.45. The second-order valence-electron chi connectivity index (χ2n) is 7.53. The maximum absolute atomic E-state index is 13.1. The fourth-order valence-electron chi connectivity index (χ4n) is 3.00. The number of fused-ring (bicyclic) bond motifs is 1. The second-order valence-corrected chi connectivity index (χ2v) is 7.53. The van der Waals surface area contributed by atoms with Crippen LogP contribution in [0.1, 0.15) is 55.3 Å². The summed E-state index contributed by atoms with van der Waals surface area (Å²) in [5, 5.41) is 13.9. The van der Waals surface area contributed by atoms with E-state index in [1.165, 1.54) is 0 Å². The lowest BCUT2D eigenvalue weighted by molar-refractivity contribution is 0.0958. The molecule has 0 aliphatic carbocycles. The molecular formula is C22H25NO3. The van der Waals surface area contributed by atoms with E-state index in [0.29, 0.717) is 28.9 Å². The van der Waals surface area contributed by atoms with Crippen LogP contribution in [0.3, 0.4) is 0 Å². The number of para-hydroxylation sites is 2. The zero-order valence-electron chi connectivity index (χ0n) is 15.7. The van der Waals surface area contributed by atoms with Gasteiger partial charge in [-0.2, -0.15) is 0 Å². The first-order valence-corrected chi connectivity index (χ1v) is 8.90. The summed E-state index contributed by atoms with van der Waals surface area (Å²) >= 11 is 0. The number of ketones is 1. The fourth-order valence-corrected chi connectivity index (χ4v) is 3.00. The molecule has 1 heterocycles. The van der Waals surface area contributed by atoms with Gasteiger partial charge in [0.1, 0.15) is 11.5 Å². The number of carbonyl (C=O) groups excluding carboxylic acids is 1. The Bertz CT molecular complexity index is 862. The van der Waals surface area contributed by atoms with Crippen LogP contribution in [0, 0.1) is 0 Å². The van der Waals surface area contributed by atoms with E-state index in [1.807, 2.05) is 58.0 Å². The predicted octanol–water partition coefficient (Wildman–Crippen LogP) is 4.54. The molecule has 2 aromatic carbocycles. The molecule has 2 aromatic rings. The van der Waals surface area contributed by atoms with Crippen LogP contribution in [0.5, 0.6) is 11.5 Å². The molecule has 136 valence electrons. The standard InChI is InChI=1S/C22H25NO3/c1-5-14-9-8-11-16(19(14)24)21-17(13-23-22(2,3)4)20(25)15-10-6-7-12-18(15)26-21/h6-13,21,23-24H,5H2,1-4H3/b17-13+. The molecule has 0 radical (unpaired) electrons. The van der Waals surface area contributed by atoms with Crippen molar-refractivity contribution in [3.05, 3.63) is 70.9 Å². The zero-order chi connectivity index (χ0) is 18.9. The van der Waals surface area contributed by atoms with E-state index < -0.39 is 6.10 Å². The maximum Gasteiger partial charge on any atom is 0.198 e. The molecule has 3 rings (SSSR count). The van der Waals surface area contributed by atoms with Gasteiger partial charge in [-0.1, -0.05) is 37.3 Å². The van der Waals surface area contributed by atoms with Gasteiger partial charge in [-0.15, -0.1) is 0 Å². The van der Waals surface area contributed by atoms with Crippen molar-refractivity contribution in [1.82, 2.24) is 5.32 Å². The summed E-state index contributed by atoms with van der Waals surface area (Å²) in [5.41, 5.74) is 2.27. The highest BCUT2D eigenvalue weighted by molar-refractivity contribution is 6.12. The number of hydrogen-bond acceptors (Lipinski definition) is 4. The molecule has 0 saturated heterocycles. The molecule has 0 bridgehead atoms. The number of phenolic OH excluding ortho intramolecular Hbond substituents is 1. The second kappa shape index (κ2) is 6.87. The third-order valence-electron chi connectivity index (χ3n) is 4.40. The highest BCUT2D eigenvalue weighted by Crippen LogP contribution is 2.41. The Morgan fingerprint density at radius 2 is 1.88 bits per heavy atom. The van der Waals surface area contributed by atoms with Gasteiger partial charge in [0.2, 0.25) is 0 Å². The quantitative estimate of drug-likeness (QED) is 0.797. The molecule has 0 fully saturated rings. The Hall–Kier alpha value is -2.75. The molecule has 0 saturated carbocycles. The summed E-state index contributed by atoms with van der Waals surface area (Å²) in [7, 11) is 0. The highest BCUT2D eigenvalue weighted by atomic mass is 16.5. The van der Waals surface area contributed by atoms with Crippen molar-refractivity contribution in [2.24, 2.45) is 0 Å². The van der Waals surface area contributed by atoms with Crippen LogP contribution in [0.25, 0.3) is 0 Å². The maximum atomic E-state index is 13.1. The van der Waals surface area contributed by atoms with Gasteiger partial charge in [0.25, 0.3) is 0 Å². The van der Waals surface area contributed by atoms with Gasteiger partial charge in [0, 0.05) is 17.3 Å². The molecule has 0 aromatic heterocycles. The van der Waals surface area contributed by atoms with Crippen molar-refractivity contribution in [2.45, 2.75) is 45.8 Å². The summed E-state index contributed by atoms with van der Waals surface area (Å²) in [6.45, 7) is 8.06. The Kier molecular flexibility index (Phi) is 4.77. The van der Waals surface area contributed by atoms with Gasteiger partial charge < -0.3 is 15.2 Å². The first kappa shape index (κ1) is 18.1. The van der Waals surface area contributed by atoms with Crippen molar-refractivity contribution >= 4 is 5.78 Å². The minimum absolute atomic E-state index is 0.0881. The largest absolute Gasteiger partial charge is 0.507 e. The molecule has 26 heavy (non-hydrogen) atoms. The summed E-state index contributed by atoms with van der Waals surface area (Å²) in [6.07, 6.45) is 1.77. The molecule has 4 heteroatoms. The summed E-state index contributed by atoms with van der Waals surface area (Å²) < 4.78 is 6.16. The average molecular weight is 351 g/mol. The van der Waals surface area contributed by atoms with Crippen LogP contribution in [-0.4, -0.2) is 16.4 Å². The Balaban J connectivity index is 2.13. The van der Waals surface area contributed by atoms with E-state index in [9.17, 15) is 9.90 Å². The molecule has 2 N–H and O–H groups in total. The smallest absolute Gasteiger partial charge is 0.198 e. The summed E-state index contributed by atoms with van der Waals surface area (Å²) in [6, 6.07) is 12.8. The van der Waals surface area contributed by atoms with Gasteiger partial charge in [-0.3, -0.25) is 4.79 Å². The summed E-state index contributed by atoms with van der Waals surface area (Å²) in [5.74, 6) is 0.639. The van der Waals surface area contributed by atoms with Crippen LogP contribution in [0.2, 0.25) is 0 Å². The Morgan fingerprint density at radius 1 is 1.15 bits per heavy atom. The third-order valence-corrected chi connectivity index (χ3v) is 4.40. The van der Waals surface area contributed by atoms with Crippen molar-refractivity contribution in [3.8, 4) is 11.5 Å². The van der Waals surface area contributed by atoms with E-state index in [2.05, 4.69) is 5.32 Å². The first-order valence-electron chi connectivity index (χ1n) is 8.90. The topological polar surface area (TPSA) is 58.6 Å². The Labute approximate surface area is 154 Å². The van der Waals surface area contributed by atoms with Gasteiger partial charge in [-0.25, -0.2) is 0 Å². The molecule has 1 atom stereocenters. The molecule has 1 aliphatic rings. The van der Waals surface area contributed by atoms with Crippen LogP contribution < -0.4 is 10.1 Å². The number of benzene rings is 2. The lowest BCUT2D eigenvalue weighted by Gasteiger charge is -2.30. The predicted molar refractivity (Wildman–Crippen MR) is 103 cm³/mol. The monoisotopic (exact) mass is 351 g/mol. The van der Waals surface area contributed by atoms with E-state index in [-0.39, 0.29) is 17.1 Å². The fraction of sp³-hybridized carbons (Fsp3) is 0.318. The normalized spacial score (nSPS) is 18.4. The molecule has 1 unspecified atom stereocenters. The van der Waals surface area contributed by atoms with E-state index in [1.54, 1.807) is 18.3 Å². The molecule has 4 nitrogen and oxygen atoms in total. The molecule has 0 amide bonds. The van der Waals surface area contributed by atoms with Gasteiger partial charge in [-0.05, 0) is 44.9 Å². The minimum atomic E-state index is -0.654. The van der Waals surface area contributed by atoms with E-state index in [4.69, 9.17) is 4.74 Å². The highest BCUT2D eigenvalue weighted by Gasteiger charge is 2.34. The number of carbonyl (C=O) groups is 1. The van der Waals surface area contributed by atoms with Crippen LogP contribution in [-0.2, 0) is 6.42 Å². The van der Waals surface area contributed by atoms with E-state index >= 15 is 0 Å². The average Bonchev–Trinajstić information content (AvgIpc) is 2.60. The molecular weight excluding hydrogens is 326 g/mol. The number of aromatic hydroxyl groups is 1. The number of ether oxygens (including phenoxy) is 1. The van der Waals surface area contributed by atoms with Crippen LogP contribution in [0.15, 0.2) is 54.2 Å².